The van der Waals surface area contributed by atoms with Crippen molar-refractivity contribution in [2.24, 2.45) is 0 Å². The number of fused-ring (bicyclic) bond motifs is 1. The largest absolute Gasteiger partial charge is 0.419 e. The number of pyridine rings is 1. The zero-order valence-electron chi connectivity index (χ0n) is 18.2. The molecule has 178 valence electrons. The number of nitrogens with one attached hydrogen (secondary N) is 2. The average Bonchev–Trinajstić information content (AvgIpc) is 2.77. The third-order valence-electron chi connectivity index (χ3n) is 5.56. The first-order valence-corrected chi connectivity index (χ1v) is 12.4. The first kappa shape index (κ1) is 23.7. The zero-order valence-corrected chi connectivity index (χ0v) is 19.1. The molecule has 0 amide bonds. The quantitative estimate of drug-likeness (QED) is 0.511. The molecule has 0 saturated heterocycles. The normalized spacial score (nSPS) is 13.9. The van der Waals surface area contributed by atoms with Gasteiger partial charge in [-0.15, -0.1) is 0 Å². The van der Waals surface area contributed by atoms with Gasteiger partial charge >= 0.3 is 6.18 Å². The summed E-state index contributed by atoms with van der Waals surface area (Å²) in [4.78, 5) is 15.6. The molecule has 0 atom stereocenters. The minimum absolute atomic E-state index is 0.0111. The van der Waals surface area contributed by atoms with Crippen LogP contribution in [0.25, 0.3) is 0 Å². The number of aromatic nitrogens is 1. The predicted octanol–water partition coefficient (Wildman–Crippen LogP) is 4.92. The van der Waals surface area contributed by atoms with Crippen LogP contribution in [0.4, 0.5) is 30.4 Å². The van der Waals surface area contributed by atoms with Crippen LogP contribution in [0.3, 0.4) is 0 Å². The number of sulfone groups is 1. The molecule has 2 aromatic carbocycles. The van der Waals surface area contributed by atoms with E-state index in [4.69, 9.17) is 0 Å². The van der Waals surface area contributed by atoms with Crippen molar-refractivity contribution >= 4 is 32.8 Å². The Bertz CT molecular complexity index is 1360. The van der Waals surface area contributed by atoms with Crippen molar-refractivity contribution < 1.29 is 26.4 Å². The lowest BCUT2D eigenvalue weighted by Gasteiger charge is -2.18. The lowest BCUT2D eigenvalue weighted by atomic mass is 9.90. The number of alkyl halides is 3. The van der Waals surface area contributed by atoms with Crippen molar-refractivity contribution in [2.75, 3.05) is 16.9 Å². The van der Waals surface area contributed by atoms with Gasteiger partial charge in [0, 0.05) is 43.6 Å². The van der Waals surface area contributed by atoms with Crippen LogP contribution in [0, 0.1) is 0 Å². The fourth-order valence-corrected chi connectivity index (χ4v) is 4.50. The van der Waals surface area contributed by atoms with E-state index in [0.29, 0.717) is 30.5 Å². The van der Waals surface area contributed by atoms with E-state index in [9.17, 15) is 26.4 Å². The second-order valence-electron chi connectivity index (χ2n) is 8.21. The summed E-state index contributed by atoms with van der Waals surface area (Å²) in [5.74, 6) is 0.405. The summed E-state index contributed by atoms with van der Waals surface area (Å²) in [5, 5.41) is 5.79. The van der Waals surface area contributed by atoms with Crippen molar-refractivity contribution in [1.82, 2.24) is 4.98 Å². The van der Waals surface area contributed by atoms with Gasteiger partial charge in [0.25, 0.3) is 0 Å². The summed E-state index contributed by atoms with van der Waals surface area (Å²) < 4.78 is 64.2. The molecule has 34 heavy (non-hydrogen) atoms. The Morgan fingerprint density at radius 1 is 1.03 bits per heavy atom. The lowest BCUT2D eigenvalue weighted by Crippen LogP contribution is -2.14. The molecule has 1 aromatic heterocycles. The standard InChI is InChI=1S/C24H22F3N3O3S/c1-34(32,33)20-4-2-3-15(9-20)13-28-22-12-23(29-14-21(22)24(25,26)27)30-18-7-5-17-11-19(31)8-6-16(17)10-18/h2-5,7,9-10,12,14H,6,8,11,13H2,1H3,(H2,28,29,30). The summed E-state index contributed by atoms with van der Waals surface area (Å²) in [7, 11) is -3.44. The van der Waals surface area contributed by atoms with Gasteiger partial charge in [-0.25, -0.2) is 13.4 Å². The van der Waals surface area contributed by atoms with Crippen LogP contribution in [-0.2, 0) is 40.2 Å². The Kier molecular flexibility index (Phi) is 6.35. The molecule has 3 aromatic rings. The number of carbonyl (C=O) groups is 1. The van der Waals surface area contributed by atoms with E-state index in [1.807, 2.05) is 12.1 Å². The third kappa shape index (κ3) is 5.56. The number of rotatable bonds is 6. The molecule has 0 spiro atoms. The maximum Gasteiger partial charge on any atom is 0.419 e. The maximum atomic E-state index is 13.6. The SMILES string of the molecule is CS(=O)(=O)c1cccc(CNc2cc(Nc3ccc4c(c3)CCC(=O)C4)ncc2C(F)(F)F)c1. The molecule has 4 rings (SSSR count). The average molecular weight is 490 g/mol. The summed E-state index contributed by atoms with van der Waals surface area (Å²) in [6.45, 7) is -0.0111. The van der Waals surface area contributed by atoms with Gasteiger partial charge in [-0.2, -0.15) is 13.2 Å². The van der Waals surface area contributed by atoms with Crippen molar-refractivity contribution in [3.63, 3.8) is 0 Å². The molecule has 10 heteroatoms. The molecule has 6 nitrogen and oxygen atoms in total. The topological polar surface area (TPSA) is 88.2 Å². The summed E-state index contributed by atoms with van der Waals surface area (Å²) in [5.41, 5.74) is 2.06. The van der Waals surface area contributed by atoms with Crippen molar-refractivity contribution in [2.45, 2.75) is 36.9 Å². The third-order valence-corrected chi connectivity index (χ3v) is 6.67. The van der Waals surface area contributed by atoms with Crippen LogP contribution >= 0.6 is 0 Å². The van der Waals surface area contributed by atoms with E-state index in [1.165, 1.54) is 18.2 Å². The monoisotopic (exact) mass is 489 g/mol. The van der Waals surface area contributed by atoms with Crippen LogP contribution in [0.2, 0.25) is 0 Å². The van der Waals surface area contributed by atoms with E-state index in [0.717, 1.165) is 23.6 Å². The number of anilines is 3. The molecule has 1 heterocycles. The number of hydrogen-bond acceptors (Lipinski definition) is 6. The van der Waals surface area contributed by atoms with Crippen molar-refractivity contribution in [3.8, 4) is 0 Å². The van der Waals surface area contributed by atoms with E-state index >= 15 is 0 Å². The minimum Gasteiger partial charge on any atom is -0.380 e. The number of benzene rings is 2. The van der Waals surface area contributed by atoms with Gasteiger partial charge in [-0.3, -0.25) is 4.79 Å². The Balaban J connectivity index is 1.58. The lowest BCUT2D eigenvalue weighted by molar-refractivity contribution is -0.137. The van der Waals surface area contributed by atoms with Crippen molar-refractivity contribution in [1.29, 1.82) is 0 Å². The van der Waals surface area contributed by atoms with Gasteiger partial charge in [0.2, 0.25) is 0 Å². The number of carbonyl (C=O) groups excluding carboxylic acids is 1. The van der Waals surface area contributed by atoms with Crippen LogP contribution in [0.5, 0.6) is 0 Å². The Hall–Kier alpha value is -3.40. The highest BCUT2D eigenvalue weighted by Gasteiger charge is 2.34. The van der Waals surface area contributed by atoms with Crippen LogP contribution < -0.4 is 10.6 Å². The van der Waals surface area contributed by atoms with Gasteiger partial charge in [-0.05, 0) is 47.4 Å². The van der Waals surface area contributed by atoms with Gasteiger partial charge in [0.15, 0.2) is 9.84 Å². The summed E-state index contributed by atoms with van der Waals surface area (Å²) in [6.07, 6.45) is -1.30. The number of halogens is 3. The van der Waals surface area contributed by atoms with Gasteiger partial charge < -0.3 is 10.6 Å². The van der Waals surface area contributed by atoms with Crippen LogP contribution in [0.1, 0.15) is 28.7 Å². The first-order chi connectivity index (χ1) is 16.0. The number of nitrogens with zero attached hydrogens (tertiary/aromatic N) is 1. The Labute approximate surface area is 195 Å². The molecule has 0 unspecified atom stereocenters. The number of hydrogen-bond donors (Lipinski definition) is 2. The Morgan fingerprint density at radius 2 is 1.82 bits per heavy atom. The fourth-order valence-electron chi connectivity index (χ4n) is 3.81. The van der Waals surface area contributed by atoms with Crippen LogP contribution in [-0.4, -0.2) is 25.4 Å². The number of Topliss-reactive ketones (excluding diaryl/α,β-unsaturated/α-hetero) is 1. The molecular formula is C24H22F3N3O3S. The maximum absolute atomic E-state index is 13.6. The number of ketones is 1. The van der Waals surface area contributed by atoms with Gasteiger partial charge in [0.05, 0.1) is 16.1 Å². The molecule has 1 aliphatic carbocycles. The fraction of sp³-hybridized carbons (Fsp3) is 0.250. The zero-order chi connectivity index (χ0) is 24.5. The predicted molar refractivity (Wildman–Crippen MR) is 123 cm³/mol. The molecule has 0 aliphatic heterocycles. The van der Waals surface area contributed by atoms with Gasteiger partial charge in [0.1, 0.15) is 11.6 Å². The molecular weight excluding hydrogens is 467 g/mol. The number of aryl methyl sites for hydroxylation is 1. The van der Waals surface area contributed by atoms with Crippen molar-refractivity contribution in [3.05, 3.63) is 77.0 Å². The summed E-state index contributed by atoms with van der Waals surface area (Å²) in [6, 6.07) is 12.8. The highest BCUT2D eigenvalue weighted by Crippen LogP contribution is 2.36. The molecule has 0 saturated carbocycles. The molecule has 0 bridgehead atoms. The Morgan fingerprint density at radius 3 is 2.56 bits per heavy atom. The van der Waals surface area contributed by atoms with Crippen LogP contribution in [0.15, 0.2) is 59.6 Å². The highest BCUT2D eigenvalue weighted by molar-refractivity contribution is 7.90. The second-order valence-corrected chi connectivity index (χ2v) is 10.2. The summed E-state index contributed by atoms with van der Waals surface area (Å²) >= 11 is 0. The minimum atomic E-state index is -4.62. The van der Waals surface area contributed by atoms with Gasteiger partial charge in [-0.1, -0.05) is 18.2 Å². The molecule has 0 fully saturated rings. The molecule has 2 N–H and O–H groups in total. The van der Waals surface area contributed by atoms with E-state index < -0.39 is 21.6 Å². The molecule has 1 aliphatic rings. The first-order valence-electron chi connectivity index (χ1n) is 10.5. The van der Waals surface area contributed by atoms with E-state index in [-0.39, 0.29) is 28.7 Å². The smallest absolute Gasteiger partial charge is 0.380 e. The van der Waals surface area contributed by atoms with E-state index in [1.54, 1.807) is 18.2 Å². The second kappa shape index (κ2) is 9.09. The van der Waals surface area contributed by atoms with E-state index in [2.05, 4.69) is 15.6 Å². The highest BCUT2D eigenvalue weighted by atomic mass is 32.2. The molecule has 0 radical (unpaired) electrons.